The lowest BCUT2D eigenvalue weighted by Gasteiger charge is -2.28. The maximum absolute atomic E-state index is 10.7. The van der Waals surface area contributed by atoms with Gasteiger partial charge in [-0.3, -0.25) is 4.68 Å². The van der Waals surface area contributed by atoms with Gasteiger partial charge in [0.25, 0.3) is 0 Å². The zero-order chi connectivity index (χ0) is 11.1. The SMILES string of the molecule is CCn1ncc(Cl)c1C1(O)CCCC1C. The van der Waals surface area contributed by atoms with E-state index in [1.165, 1.54) is 0 Å². The van der Waals surface area contributed by atoms with E-state index in [2.05, 4.69) is 12.0 Å². The maximum Gasteiger partial charge on any atom is 0.110 e. The molecule has 1 aromatic rings. The predicted molar refractivity (Wildman–Crippen MR) is 59.8 cm³/mol. The van der Waals surface area contributed by atoms with Gasteiger partial charge in [-0.15, -0.1) is 0 Å². The summed E-state index contributed by atoms with van der Waals surface area (Å²) in [6.45, 7) is 4.84. The summed E-state index contributed by atoms with van der Waals surface area (Å²) >= 11 is 6.12. The minimum Gasteiger partial charge on any atom is -0.383 e. The van der Waals surface area contributed by atoms with Crippen LogP contribution in [0.3, 0.4) is 0 Å². The number of hydrogen-bond acceptors (Lipinski definition) is 2. The first kappa shape index (κ1) is 11.0. The number of hydrogen-bond donors (Lipinski definition) is 1. The number of aliphatic hydroxyl groups is 1. The summed E-state index contributed by atoms with van der Waals surface area (Å²) < 4.78 is 1.81. The molecule has 2 atom stereocenters. The molecule has 0 spiro atoms. The Bertz CT molecular complexity index is 363. The zero-order valence-corrected chi connectivity index (χ0v) is 9.96. The quantitative estimate of drug-likeness (QED) is 0.845. The third-order valence-corrected chi connectivity index (χ3v) is 3.79. The summed E-state index contributed by atoms with van der Waals surface area (Å²) in [7, 11) is 0. The summed E-state index contributed by atoms with van der Waals surface area (Å²) in [4.78, 5) is 0. The van der Waals surface area contributed by atoms with E-state index >= 15 is 0 Å². The molecule has 1 heterocycles. The van der Waals surface area contributed by atoms with Crippen LogP contribution < -0.4 is 0 Å². The van der Waals surface area contributed by atoms with Crippen molar-refractivity contribution in [1.82, 2.24) is 9.78 Å². The number of aromatic nitrogens is 2. The van der Waals surface area contributed by atoms with Crippen LogP contribution >= 0.6 is 11.6 Å². The van der Waals surface area contributed by atoms with Crippen molar-refractivity contribution in [3.8, 4) is 0 Å². The van der Waals surface area contributed by atoms with Gasteiger partial charge in [0.2, 0.25) is 0 Å². The van der Waals surface area contributed by atoms with Crippen LogP contribution in [-0.2, 0) is 12.1 Å². The second-order valence-electron chi connectivity index (χ2n) is 4.37. The number of nitrogens with zero attached hydrogens (tertiary/aromatic N) is 2. The maximum atomic E-state index is 10.7. The van der Waals surface area contributed by atoms with E-state index in [0.29, 0.717) is 5.02 Å². The highest BCUT2D eigenvalue weighted by Gasteiger charge is 2.43. The Hall–Kier alpha value is -0.540. The van der Waals surface area contributed by atoms with E-state index in [-0.39, 0.29) is 5.92 Å². The van der Waals surface area contributed by atoms with Gasteiger partial charge in [0.1, 0.15) is 5.60 Å². The van der Waals surface area contributed by atoms with E-state index in [1.54, 1.807) is 6.20 Å². The molecule has 1 fully saturated rings. The molecular weight excluding hydrogens is 212 g/mol. The Kier molecular flexibility index (Phi) is 2.77. The smallest absolute Gasteiger partial charge is 0.110 e. The lowest BCUT2D eigenvalue weighted by atomic mass is 9.89. The first-order valence-corrected chi connectivity index (χ1v) is 5.91. The van der Waals surface area contributed by atoms with Crippen LogP contribution in [0, 0.1) is 5.92 Å². The highest BCUT2D eigenvalue weighted by atomic mass is 35.5. The van der Waals surface area contributed by atoms with E-state index in [1.807, 2.05) is 11.6 Å². The van der Waals surface area contributed by atoms with Crippen molar-refractivity contribution in [2.45, 2.75) is 45.3 Å². The van der Waals surface area contributed by atoms with Crippen LogP contribution in [0.2, 0.25) is 5.02 Å². The lowest BCUT2D eigenvalue weighted by molar-refractivity contribution is -0.00382. The van der Waals surface area contributed by atoms with E-state index in [9.17, 15) is 5.11 Å². The molecule has 0 amide bonds. The molecule has 0 bridgehead atoms. The van der Waals surface area contributed by atoms with Gasteiger partial charge >= 0.3 is 0 Å². The molecule has 1 N–H and O–H groups in total. The highest BCUT2D eigenvalue weighted by molar-refractivity contribution is 6.31. The molecule has 0 aromatic carbocycles. The average Bonchev–Trinajstić information content (AvgIpc) is 2.72. The summed E-state index contributed by atoms with van der Waals surface area (Å²) in [5.41, 5.74) is 0.0283. The minimum atomic E-state index is -0.774. The number of aryl methyl sites for hydroxylation is 1. The zero-order valence-electron chi connectivity index (χ0n) is 9.20. The second-order valence-corrected chi connectivity index (χ2v) is 4.78. The molecule has 1 saturated carbocycles. The molecular formula is C11H17ClN2O. The third-order valence-electron chi connectivity index (χ3n) is 3.51. The van der Waals surface area contributed by atoms with Crippen molar-refractivity contribution < 1.29 is 5.11 Å². The Morgan fingerprint density at radius 2 is 2.47 bits per heavy atom. The van der Waals surface area contributed by atoms with Crippen LogP contribution in [0.4, 0.5) is 0 Å². The molecule has 15 heavy (non-hydrogen) atoms. The molecule has 0 radical (unpaired) electrons. The Balaban J connectivity index is 2.47. The fourth-order valence-electron chi connectivity index (χ4n) is 2.55. The largest absolute Gasteiger partial charge is 0.383 e. The van der Waals surface area contributed by atoms with Crippen molar-refractivity contribution in [3.05, 3.63) is 16.9 Å². The highest BCUT2D eigenvalue weighted by Crippen LogP contribution is 2.45. The molecule has 1 aromatic heterocycles. The van der Waals surface area contributed by atoms with Crippen LogP contribution in [0.25, 0.3) is 0 Å². The second kappa shape index (κ2) is 3.80. The van der Waals surface area contributed by atoms with Crippen LogP contribution in [-0.4, -0.2) is 14.9 Å². The van der Waals surface area contributed by atoms with Gasteiger partial charge < -0.3 is 5.11 Å². The number of rotatable bonds is 2. The molecule has 1 aliphatic carbocycles. The Labute approximate surface area is 95.0 Å². The van der Waals surface area contributed by atoms with Crippen molar-refractivity contribution in [1.29, 1.82) is 0 Å². The van der Waals surface area contributed by atoms with Gasteiger partial charge in [-0.05, 0) is 32.1 Å². The Morgan fingerprint density at radius 3 is 3.00 bits per heavy atom. The molecule has 84 valence electrons. The monoisotopic (exact) mass is 228 g/mol. The van der Waals surface area contributed by atoms with Gasteiger partial charge in [-0.25, -0.2) is 0 Å². The standard InChI is InChI=1S/C11H17ClN2O/c1-3-14-10(9(12)7-13-14)11(15)6-4-5-8(11)2/h7-8,15H,3-6H2,1-2H3. The van der Waals surface area contributed by atoms with E-state index in [4.69, 9.17) is 11.6 Å². The van der Waals surface area contributed by atoms with Crippen LogP contribution in [0.5, 0.6) is 0 Å². The van der Waals surface area contributed by atoms with Crippen molar-refractivity contribution in [3.63, 3.8) is 0 Å². The normalized spacial score (nSPS) is 31.1. The third kappa shape index (κ3) is 1.58. The minimum absolute atomic E-state index is 0.261. The van der Waals surface area contributed by atoms with Crippen LogP contribution in [0.15, 0.2) is 6.20 Å². The molecule has 0 aliphatic heterocycles. The van der Waals surface area contributed by atoms with Crippen molar-refractivity contribution in [2.75, 3.05) is 0 Å². The fraction of sp³-hybridized carbons (Fsp3) is 0.727. The molecule has 3 nitrogen and oxygen atoms in total. The summed E-state index contributed by atoms with van der Waals surface area (Å²) in [6.07, 6.45) is 4.54. The van der Waals surface area contributed by atoms with Gasteiger partial charge in [-0.2, -0.15) is 5.10 Å². The predicted octanol–water partition coefficient (Wildman–Crippen LogP) is 2.56. The van der Waals surface area contributed by atoms with Gasteiger partial charge in [0.05, 0.1) is 16.9 Å². The molecule has 1 aliphatic rings. The number of halogens is 1. The molecule has 2 rings (SSSR count). The summed E-state index contributed by atoms with van der Waals surface area (Å²) in [5, 5.41) is 15.4. The first-order chi connectivity index (χ1) is 7.09. The van der Waals surface area contributed by atoms with Gasteiger partial charge in [-0.1, -0.05) is 18.5 Å². The van der Waals surface area contributed by atoms with Crippen molar-refractivity contribution >= 4 is 11.6 Å². The van der Waals surface area contributed by atoms with Gasteiger partial charge in [0.15, 0.2) is 0 Å². The van der Waals surface area contributed by atoms with E-state index < -0.39 is 5.60 Å². The van der Waals surface area contributed by atoms with Crippen LogP contribution in [0.1, 0.15) is 38.8 Å². The van der Waals surface area contributed by atoms with Gasteiger partial charge in [0, 0.05) is 6.54 Å². The lowest BCUT2D eigenvalue weighted by Crippen LogP contribution is -2.31. The summed E-state index contributed by atoms with van der Waals surface area (Å²) in [6, 6.07) is 0. The molecule has 0 saturated heterocycles. The van der Waals surface area contributed by atoms with Crippen molar-refractivity contribution in [2.24, 2.45) is 5.92 Å². The first-order valence-electron chi connectivity index (χ1n) is 5.53. The Morgan fingerprint density at radius 1 is 1.73 bits per heavy atom. The topological polar surface area (TPSA) is 38.0 Å². The average molecular weight is 229 g/mol. The molecule has 4 heteroatoms. The fourth-order valence-corrected chi connectivity index (χ4v) is 2.85. The molecule has 2 unspecified atom stereocenters. The summed E-state index contributed by atoms with van der Waals surface area (Å²) in [5.74, 6) is 0.261. The van der Waals surface area contributed by atoms with E-state index in [0.717, 1.165) is 31.5 Å².